The molecule has 0 spiro atoms. The van der Waals surface area contributed by atoms with Gasteiger partial charge in [0.2, 0.25) is 0 Å². The average molecular weight is 282 g/mol. The Bertz CT molecular complexity index is 518. The number of rotatable bonds is 2. The number of hydrogen-bond donors (Lipinski definition) is 1. The molecule has 1 aliphatic heterocycles. The molecule has 0 amide bonds. The van der Waals surface area contributed by atoms with Gasteiger partial charge in [-0.1, -0.05) is 5.16 Å². The van der Waals surface area contributed by atoms with Crippen LogP contribution in [0.3, 0.4) is 0 Å². The largest absolute Gasteiger partial charge is 0.334 e. The Kier molecular flexibility index (Phi) is 4.47. The van der Waals surface area contributed by atoms with Crippen molar-refractivity contribution in [3.05, 3.63) is 30.4 Å². The molecule has 0 aliphatic carbocycles. The molecular formula is C12H16ClN5O. The molecule has 3 heterocycles. The second kappa shape index (κ2) is 6.10. The molecule has 3 rings (SSSR count). The molecule has 102 valence electrons. The first-order valence-corrected chi connectivity index (χ1v) is 5.99. The highest BCUT2D eigenvalue weighted by atomic mass is 35.5. The van der Waals surface area contributed by atoms with E-state index in [0.29, 0.717) is 5.89 Å². The van der Waals surface area contributed by atoms with E-state index in [1.165, 1.54) is 0 Å². The van der Waals surface area contributed by atoms with Crippen molar-refractivity contribution in [2.45, 2.75) is 6.04 Å². The van der Waals surface area contributed by atoms with E-state index in [4.69, 9.17) is 4.52 Å². The summed E-state index contributed by atoms with van der Waals surface area (Å²) in [4.78, 5) is 10.7. The molecule has 1 atom stereocenters. The van der Waals surface area contributed by atoms with E-state index >= 15 is 0 Å². The molecule has 1 unspecified atom stereocenters. The second-order valence-electron chi connectivity index (χ2n) is 4.39. The van der Waals surface area contributed by atoms with Gasteiger partial charge < -0.3 is 9.84 Å². The van der Waals surface area contributed by atoms with Gasteiger partial charge in [-0.2, -0.15) is 4.98 Å². The van der Waals surface area contributed by atoms with Gasteiger partial charge in [0, 0.05) is 37.6 Å². The maximum absolute atomic E-state index is 5.31. The fourth-order valence-corrected chi connectivity index (χ4v) is 2.08. The van der Waals surface area contributed by atoms with Crippen LogP contribution in [0.4, 0.5) is 0 Å². The minimum atomic E-state index is 0. The van der Waals surface area contributed by atoms with Crippen molar-refractivity contribution in [1.29, 1.82) is 0 Å². The minimum Gasteiger partial charge on any atom is -0.334 e. The van der Waals surface area contributed by atoms with Crippen LogP contribution < -0.4 is 5.32 Å². The third kappa shape index (κ3) is 2.91. The number of halogens is 1. The Morgan fingerprint density at radius 1 is 1.37 bits per heavy atom. The van der Waals surface area contributed by atoms with Gasteiger partial charge in [-0.15, -0.1) is 12.4 Å². The Morgan fingerprint density at radius 3 is 2.89 bits per heavy atom. The molecule has 1 N–H and O–H groups in total. The van der Waals surface area contributed by atoms with Crippen LogP contribution in [0.1, 0.15) is 11.9 Å². The zero-order valence-electron chi connectivity index (χ0n) is 10.6. The number of hydrogen-bond acceptors (Lipinski definition) is 6. The van der Waals surface area contributed by atoms with Crippen molar-refractivity contribution in [3.8, 4) is 11.5 Å². The Hall–Kier alpha value is -1.50. The highest BCUT2D eigenvalue weighted by Crippen LogP contribution is 2.21. The third-order valence-electron chi connectivity index (χ3n) is 3.18. The quantitative estimate of drug-likeness (QED) is 0.890. The molecule has 0 radical (unpaired) electrons. The van der Waals surface area contributed by atoms with E-state index in [0.717, 1.165) is 31.0 Å². The van der Waals surface area contributed by atoms with Crippen LogP contribution in [-0.4, -0.2) is 46.7 Å². The fraction of sp³-hybridized carbons (Fsp3) is 0.417. The van der Waals surface area contributed by atoms with E-state index in [-0.39, 0.29) is 18.4 Å². The van der Waals surface area contributed by atoms with Crippen molar-refractivity contribution < 1.29 is 4.52 Å². The Morgan fingerprint density at radius 2 is 2.16 bits per heavy atom. The third-order valence-corrected chi connectivity index (χ3v) is 3.18. The molecule has 1 fully saturated rings. The summed E-state index contributed by atoms with van der Waals surface area (Å²) in [5.74, 6) is 1.28. The first kappa shape index (κ1) is 13.9. The molecule has 6 nitrogen and oxygen atoms in total. The summed E-state index contributed by atoms with van der Waals surface area (Å²) >= 11 is 0. The van der Waals surface area contributed by atoms with Gasteiger partial charge in [-0.3, -0.25) is 9.88 Å². The number of aromatic nitrogens is 3. The number of pyridine rings is 1. The first-order valence-electron chi connectivity index (χ1n) is 5.99. The second-order valence-corrected chi connectivity index (χ2v) is 4.39. The number of nitrogens with zero attached hydrogens (tertiary/aromatic N) is 4. The van der Waals surface area contributed by atoms with Crippen LogP contribution in [0.5, 0.6) is 0 Å². The summed E-state index contributed by atoms with van der Waals surface area (Å²) in [6.45, 7) is 2.84. The van der Waals surface area contributed by atoms with Crippen molar-refractivity contribution in [1.82, 2.24) is 25.3 Å². The van der Waals surface area contributed by atoms with Crippen LogP contribution in [-0.2, 0) is 0 Å². The topological polar surface area (TPSA) is 67.1 Å². The van der Waals surface area contributed by atoms with Gasteiger partial charge >= 0.3 is 0 Å². The number of piperazine rings is 1. The average Bonchev–Trinajstić information content (AvgIpc) is 2.90. The van der Waals surface area contributed by atoms with E-state index in [1.54, 1.807) is 12.4 Å². The summed E-state index contributed by atoms with van der Waals surface area (Å²) < 4.78 is 5.31. The predicted octanol–water partition coefficient (Wildman–Crippen LogP) is 1.13. The molecular weight excluding hydrogens is 266 g/mol. The van der Waals surface area contributed by atoms with Crippen LogP contribution in [0, 0.1) is 0 Å². The maximum atomic E-state index is 5.31. The highest BCUT2D eigenvalue weighted by molar-refractivity contribution is 5.85. The van der Waals surface area contributed by atoms with Crippen molar-refractivity contribution in [2.75, 3.05) is 26.7 Å². The minimum absolute atomic E-state index is 0. The molecule has 2 aromatic heterocycles. The maximum Gasteiger partial charge on any atom is 0.258 e. The first-order chi connectivity index (χ1) is 8.84. The van der Waals surface area contributed by atoms with E-state index in [2.05, 4.69) is 32.4 Å². The highest BCUT2D eigenvalue weighted by Gasteiger charge is 2.25. The van der Waals surface area contributed by atoms with E-state index in [1.807, 2.05) is 12.1 Å². The van der Waals surface area contributed by atoms with Crippen molar-refractivity contribution >= 4 is 12.4 Å². The van der Waals surface area contributed by atoms with Crippen molar-refractivity contribution in [3.63, 3.8) is 0 Å². The standard InChI is InChI=1S/C12H15N5O.ClH/c1-17-7-6-14-8-10(17)11-15-12(18-16-11)9-2-4-13-5-3-9;/h2-5,10,14H,6-8H2,1H3;1H. The van der Waals surface area contributed by atoms with E-state index < -0.39 is 0 Å². The predicted molar refractivity (Wildman–Crippen MR) is 73.0 cm³/mol. The smallest absolute Gasteiger partial charge is 0.258 e. The number of nitrogens with one attached hydrogen (secondary N) is 1. The van der Waals surface area contributed by atoms with Gasteiger partial charge in [-0.25, -0.2) is 0 Å². The lowest BCUT2D eigenvalue weighted by Crippen LogP contribution is -2.44. The molecule has 1 saturated heterocycles. The molecule has 1 aliphatic rings. The zero-order valence-corrected chi connectivity index (χ0v) is 11.4. The molecule has 7 heteroatoms. The van der Waals surface area contributed by atoms with E-state index in [9.17, 15) is 0 Å². The summed E-state index contributed by atoms with van der Waals surface area (Å²) in [7, 11) is 2.08. The molecule has 0 bridgehead atoms. The number of likely N-dealkylation sites (N-methyl/N-ethyl adjacent to an activating group) is 1. The van der Waals surface area contributed by atoms with Crippen LogP contribution >= 0.6 is 12.4 Å². The van der Waals surface area contributed by atoms with Gasteiger partial charge in [-0.05, 0) is 19.2 Å². The lowest BCUT2D eigenvalue weighted by atomic mass is 10.2. The Balaban J connectivity index is 0.00000133. The molecule has 19 heavy (non-hydrogen) atoms. The summed E-state index contributed by atoms with van der Waals surface area (Å²) in [6.07, 6.45) is 3.43. The monoisotopic (exact) mass is 281 g/mol. The van der Waals surface area contributed by atoms with Gasteiger partial charge in [0.25, 0.3) is 5.89 Å². The summed E-state index contributed by atoms with van der Waals surface area (Å²) in [6, 6.07) is 3.90. The van der Waals surface area contributed by atoms with Crippen molar-refractivity contribution in [2.24, 2.45) is 0 Å². The van der Waals surface area contributed by atoms with Gasteiger partial charge in [0.15, 0.2) is 5.82 Å². The lowest BCUT2D eigenvalue weighted by Gasteiger charge is -2.30. The summed E-state index contributed by atoms with van der Waals surface area (Å²) in [5, 5.41) is 7.42. The summed E-state index contributed by atoms with van der Waals surface area (Å²) in [5.41, 5.74) is 0.898. The lowest BCUT2D eigenvalue weighted by molar-refractivity contribution is 0.190. The van der Waals surface area contributed by atoms with Gasteiger partial charge in [0.05, 0.1) is 6.04 Å². The SMILES string of the molecule is CN1CCNCC1c1noc(-c2ccncc2)n1.Cl. The van der Waals surface area contributed by atoms with Crippen LogP contribution in [0.2, 0.25) is 0 Å². The molecule has 2 aromatic rings. The van der Waals surface area contributed by atoms with Crippen LogP contribution in [0.15, 0.2) is 29.0 Å². The van der Waals surface area contributed by atoms with Gasteiger partial charge in [0.1, 0.15) is 0 Å². The normalized spacial score (nSPS) is 19.9. The molecule has 0 saturated carbocycles. The zero-order chi connectivity index (χ0) is 12.4. The van der Waals surface area contributed by atoms with Crippen LogP contribution in [0.25, 0.3) is 11.5 Å². The molecule has 0 aromatic carbocycles. The fourth-order valence-electron chi connectivity index (χ4n) is 2.08. The Labute approximate surface area is 117 Å².